The lowest BCUT2D eigenvalue weighted by Crippen LogP contribution is -2.09. The zero-order valence-corrected chi connectivity index (χ0v) is 10.2. The van der Waals surface area contributed by atoms with Crippen molar-refractivity contribution >= 4 is 11.4 Å². The number of nitrogens with two attached hydrogens (primary N) is 1. The van der Waals surface area contributed by atoms with E-state index in [0.717, 1.165) is 37.6 Å². The standard InChI is InChI=1S/C13H22N2O/c1-11(2)10-16-9-5-8-15-13-7-4-3-6-12(13)14/h3-4,6-7,11,15H,5,8-10,14H2,1-2H3. The molecular formula is C13H22N2O. The number of nitrogen functional groups attached to an aromatic ring is 1. The van der Waals surface area contributed by atoms with Crippen LogP contribution >= 0.6 is 0 Å². The van der Waals surface area contributed by atoms with Crippen LogP contribution in [0.3, 0.4) is 0 Å². The van der Waals surface area contributed by atoms with Gasteiger partial charge in [-0.3, -0.25) is 0 Å². The largest absolute Gasteiger partial charge is 0.397 e. The van der Waals surface area contributed by atoms with E-state index in [2.05, 4.69) is 19.2 Å². The maximum Gasteiger partial charge on any atom is 0.0573 e. The predicted octanol–water partition coefficient (Wildman–Crippen LogP) is 2.74. The third-order valence-electron chi connectivity index (χ3n) is 2.19. The van der Waals surface area contributed by atoms with Crippen LogP contribution in [-0.2, 0) is 4.74 Å². The van der Waals surface area contributed by atoms with Crippen LogP contribution in [0.25, 0.3) is 0 Å². The third-order valence-corrected chi connectivity index (χ3v) is 2.19. The Kier molecular flexibility index (Phi) is 5.72. The van der Waals surface area contributed by atoms with Gasteiger partial charge in [-0.1, -0.05) is 26.0 Å². The van der Waals surface area contributed by atoms with E-state index in [4.69, 9.17) is 10.5 Å². The van der Waals surface area contributed by atoms with Crippen LogP contribution in [0.15, 0.2) is 24.3 Å². The van der Waals surface area contributed by atoms with Crippen LogP contribution in [0.4, 0.5) is 11.4 Å². The van der Waals surface area contributed by atoms with Gasteiger partial charge in [-0.05, 0) is 24.5 Å². The number of para-hydroxylation sites is 2. The number of rotatable bonds is 7. The second-order valence-corrected chi connectivity index (χ2v) is 4.34. The van der Waals surface area contributed by atoms with Gasteiger partial charge in [-0.25, -0.2) is 0 Å². The first-order valence-corrected chi connectivity index (χ1v) is 5.86. The fourth-order valence-electron chi connectivity index (χ4n) is 1.37. The zero-order valence-electron chi connectivity index (χ0n) is 10.2. The highest BCUT2D eigenvalue weighted by molar-refractivity contribution is 5.65. The molecule has 0 heterocycles. The van der Waals surface area contributed by atoms with Gasteiger partial charge >= 0.3 is 0 Å². The van der Waals surface area contributed by atoms with E-state index in [9.17, 15) is 0 Å². The average Bonchev–Trinajstić information content (AvgIpc) is 2.25. The van der Waals surface area contributed by atoms with Crippen LogP contribution < -0.4 is 11.1 Å². The zero-order chi connectivity index (χ0) is 11.8. The van der Waals surface area contributed by atoms with E-state index >= 15 is 0 Å². The maximum absolute atomic E-state index is 5.81. The quantitative estimate of drug-likeness (QED) is 0.551. The second-order valence-electron chi connectivity index (χ2n) is 4.34. The van der Waals surface area contributed by atoms with E-state index in [1.54, 1.807) is 0 Å². The Morgan fingerprint density at radius 3 is 2.75 bits per heavy atom. The fourth-order valence-corrected chi connectivity index (χ4v) is 1.37. The number of ether oxygens (including phenoxy) is 1. The lowest BCUT2D eigenvalue weighted by Gasteiger charge is -2.10. The molecule has 3 nitrogen and oxygen atoms in total. The lowest BCUT2D eigenvalue weighted by molar-refractivity contribution is 0.110. The van der Waals surface area contributed by atoms with Crippen molar-refractivity contribution in [2.75, 3.05) is 30.8 Å². The summed E-state index contributed by atoms with van der Waals surface area (Å²) >= 11 is 0. The van der Waals surface area contributed by atoms with E-state index < -0.39 is 0 Å². The molecule has 0 radical (unpaired) electrons. The van der Waals surface area contributed by atoms with Crippen molar-refractivity contribution in [1.29, 1.82) is 0 Å². The van der Waals surface area contributed by atoms with Crippen LogP contribution in [-0.4, -0.2) is 19.8 Å². The average molecular weight is 222 g/mol. The molecule has 3 N–H and O–H groups in total. The molecule has 16 heavy (non-hydrogen) atoms. The van der Waals surface area contributed by atoms with E-state index in [0.29, 0.717) is 5.92 Å². The molecule has 0 aliphatic heterocycles. The summed E-state index contributed by atoms with van der Waals surface area (Å²) in [7, 11) is 0. The molecule has 0 saturated carbocycles. The van der Waals surface area contributed by atoms with Crippen molar-refractivity contribution < 1.29 is 4.74 Å². The molecule has 0 aromatic heterocycles. The molecule has 0 spiro atoms. The van der Waals surface area contributed by atoms with Crippen molar-refractivity contribution in [2.45, 2.75) is 20.3 Å². The van der Waals surface area contributed by atoms with E-state index in [1.165, 1.54) is 0 Å². The molecule has 1 aromatic carbocycles. The smallest absolute Gasteiger partial charge is 0.0573 e. The lowest BCUT2D eigenvalue weighted by atomic mass is 10.2. The van der Waals surface area contributed by atoms with Crippen LogP contribution in [0.1, 0.15) is 20.3 Å². The van der Waals surface area contributed by atoms with Crippen molar-refractivity contribution in [3.63, 3.8) is 0 Å². The van der Waals surface area contributed by atoms with Gasteiger partial charge in [-0.2, -0.15) is 0 Å². The molecule has 0 saturated heterocycles. The first-order valence-electron chi connectivity index (χ1n) is 5.86. The van der Waals surface area contributed by atoms with Crippen LogP contribution in [0, 0.1) is 5.92 Å². The highest BCUT2D eigenvalue weighted by atomic mass is 16.5. The van der Waals surface area contributed by atoms with Crippen LogP contribution in [0.5, 0.6) is 0 Å². The minimum Gasteiger partial charge on any atom is -0.397 e. The molecule has 0 atom stereocenters. The van der Waals surface area contributed by atoms with Crippen molar-refractivity contribution in [1.82, 2.24) is 0 Å². The summed E-state index contributed by atoms with van der Waals surface area (Å²) in [5.41, 5.74) is 7.61. The van der Waals surface area contributed by atoms with Crippen molar-refractivity contribution in [3.8, 4) is 0 Å². The molecule has 0 amide bonds. The number of anilines is 2. The maximum atomic E-state index is 5.81. The number of hydrogen-bond donors (Lipinski definition) is 2. The number of benzene rings is 1. The Bertz CT molecular complexity index is 300. The topological polar surface area (TPSA) is 47.3 Å². The van der Waals surface area contributed by atoms with Gasteiger partial charge in [0.15, 0.2) is 0 Å². The van der Waals surface area contributed by atoms with Gasteiger partial charge in [0.05, 0.1) is 11.4 Å². The Labute approximate surface area is 98.0 Å². The van der Waals surface area contributed by atoms with Gasteiger partial charge in [0.2, 0.25) is 0 Å². The summed E-state index contributed by atoms with van der Waals surface area (Å²) in [4.78, 5) is 0. The van der Waals surface area contributed by atoms with Gasteiger partial charge in [0.25, 0.3) is 0 Å². The molecule has 0 bridgehead atoms. The molecule has 0 unspecified atom stereocenters. The minimum atomic E-state index is 0.609. The van der Waals surface area contributed by atoms with Crippen molar-refractivity contribution in [3.05, 3.63) is 24.3 Å². The molecule has 0 fully saturated rings. The first-order chi connectivity index (χ1) is 7.70. The molecule has 1 rings (SSSR count). The highest BCUT2D eigenvalue weighted by Crippen LogP contribution is 2.16. The van der Waals surface area contributed by atoms with Gasteiger partial charge in [-0.15, -0.1) is 0 Å². The fraction of sp³-hybridized carbons (Fsp3) is 0.538. The second kappa shape index (κ2) is 7.12. The Hall–Kier alpha value is -1.22. The molecular weight excluding hydrogens is 200 g/mol. The summed E-state index contributed by atoms with van der Waals surface area (Å²) in [5, 5.41) is 3.30. The molecule has 1 aromatic rings. The number of hydrogen-bond acceptors (Lipinski definition) is 3. The molecule has 3 heteroatoms. The molecule has 0 aliphatic rings. The van der Waals surface area contributed by atoms with Gasteiger partial charge in [0.1, 0.15) is 0 Å². The van der Waals surface area contributed by atoms with Gasteiger partial charge < -0.3 is 15.8 Å². The highest BCUT2D eigenvalue weighted by Gasteiger charge is 1.96. The summed E-state index contributed by atoms with van der Waals surface area (Å²) in [5.74, 6) is 0.609. The van der Waals surface area contributed by atoms with Crippen LogP contribution in [0.2, 0.25) is 0 Å². The predicted molar refractivity (Wildman–Crippen MR) is 69.6 cm³/mol. The Morgan fingerprint density at radius 2 is 2.06 bits per heavy atom. The first kappa shape index (κ1) is 12.8. The van der Waals surface area contributed by atoms with E-state index in [1.807, 2.05) is 24.3 Å². The summed E-state index contributed by atoms with van der Waals surface area (Å²) in [6, 6.07) is 7.81. The summed E-state index contributed by atoms with van der Waals surface area (Å²) in [6.07, 6.45) is 1.00. The minimum absolute atomic E-state index is 0.609. The van der Waals surface area contributed by atoms with E-state index in [-0.39, 0.29) is 0 Å². The summed E-state index contributed by atoms with van der Waals surface area (Å²) < 4.78 is 5.49. The monoisotopic (exact) mass is 222 g/mol. The third kappa shape index (κ3) is 5.03. The Balaban J connectivity index is 2.10. The molecule has 0 aliphatic carbocycles. The van der Waals surface area contributed by atoms with Gasteiger partial charge in [0, 0.05) is 19.8 Å². The Morgan fingerprint density at radius 1 is 1.31 bits per heavy atom. The molecule has 90 valence electrons. The summed E-state index contributed by atoms with van der Waals surface area (Å²) in [6.45, 7) is 6.85. The van der Waals surface area contributed by atoms with Crippen molar-refractivity contribution in [2.24, 2.45) is 5.92 Å². The SMILES string of the molecule is CC(C)COCCCNc1ccccc1N. The normalized spacial score (nSPS) is 10.7. The number of nitrogens with one attached hydrogen (secondary N) is 1.